The van der Waals surface area contributed by atoms with E-state index < -0.39 is 0 Å². The molecule has 3 rings (SSSR count). The minimum Gasteiger partial charge on any atom is -0.349 e. The Morgan fingerprint density at radius 1 is 1.23 bits per heavy atom. The van der Waals surface area contributed by atoms with Crippen LogP contribution in [0.1, 0.15) is 34.8 Å². The maximum absolute atomic E-state index is 12.5. The third kappa shape index (κ3) is 2.92. The first-order chi connectivity index (χ1) is 10.5. The molecule has 1 amide bonds. The summed E-state index contributed by atoms with van der Waals surface area (Å²) in [4.78, 5) is 13.8. The van der Waals surface area contributed by atoms with Gasteiger partial charge >= 0.3 is 0 Å². The smallest absolute Gasteiger partial charge is 0.268 e. The average molecular weight is 312 g/mol. The standard InChI is InChI=1S/C18H20N2OS/c1-12(2)19-18(21)16-10-17-15(9-13(3)22-17)20(16)11-14-7-5-4-6-8-14/h4-10,12H,11H2,1-3H3,(H,19,21). The van der Waals surface area contributed by atoms with E-state index in [1.54, 1.807) is 11.3 Å². The Labute approximate surface area is 134 Å². The Morgan fingerprint density at radius 3 is 2.64 bits per heavy atom. The molecule has 1 N–H and O–H groups in total. The van der Waals surface area contributed by atoms with Crippen LogP contribution in [0, 0.1) is 6.92 Å². The lowest BCUT2D eigenvalue weighted by Gasteiger charge is -2.12. The van der Waals surface area contributed by atoms with Crippen molar-refractivity contribution in [2.75, 3.05) is 0 Å². The normalized spacial score (nSPS) is 11.3. The SMILES string of the molecule is Cc1cc2c(cc(C(=O)NC(C)C)n2Cc2ccccc2)s1. The molecular formula is C18H20N2OS. The van der Waals surface area contributed by atoms with E-state index in [1.807, 2.05) is 38.1 Å². The number of aryl methyl sites for hydroxylation is 1. The Hall–Kier alpha value is -2.07. The summed E-state index contributed by atoms with van der Waals surface area (Å²) in [6.45, 7) is 6.77. The van der Waals surface area contributed by atoms with E-state index >= 15 is 0 Å². The molecule has 0 atom stereocenters. The second-order valence-electron chi connectivity index (χ2n) is 5.84. The van der Waals surface area contributed by atoms with Crippen LogP contribution >= 0.6 is 11.3 Å². The van der Waals surface area contributed by atoms with E-state index in [0.29, 0.717) is 6.54 Å². The van der Waals surface area contributed by atoms with Crippen LogP contribution in [0.15, 0.2) is 42.5 Å². The van der Waals surface area contributed by atoms with Gasteiger partial charge < -0.3 is 9.88 Å². The zero-order valence-electron chi connectivity index (χ0n) is 13.1. The molecule has 4 heteroatoms. The van der Waals surface area contributed by atoms with E-state index in [-0.39, 0.29) is 11.9 Å². The lowest BCUT2D eigenvalue weighted by Crippen LogP contribution is -2.31. The van der Waals surface area contributed by atoms with E-state index in [1.165, 1.54) is 15.1 Å². The zero-order valence-corrected chi connectivity index (χ0v) is 13.9. The lowest BCUT2D eigenvalue weighted by molar-refractivity contribution is 0.0934. The van der Waals surface area contributed by atoms with Gasteiger partial charge in [-0.05, 0) is 38.5 Å². The number of carbonyl (C=O) groups is 1. The lowest BCUT2D eigenvalue weighted by atomic mass is 10.2. The largest absolute Gasteiger partial charge is 0.349 e. The quantitative estimate of drug-likeness (QED) is 0.770. The van der Waals surface area contributed by atoms with Crippen LogP contribution in [0.25, 0.3) is 10.2 Å². The van der Waals surface area contributed by atoms with Crippen molar-refractivity contribution >= 4 is 27.5 Å². The van der Waals surface area contributed by atoms with Crippen molar-refractivity contribution in [3.8, 4) is 0 Å². The number of fused-ring (bicyclic) bond motifs is 1. The van der Waals surface area contributed by atoms with Crippen molar-refractivity contribution in [3.05, 3.63) is 58.6 Å². The molecule has 0 fully saturated rings. The molecule has 2 aromatic heterocycles. The monoisotopic (exact) mass is 312 g/mol. The summed E-state index contributed by atoms with van der Waals surface area (Å²) in [5.41, 5.74) is 3.07. The highest BCUT2D eigenvalue weighted by atomic mass is 32.1. The molecule has 0 saturated heterocycles. The molecule has 1 aromatic carbocycles. The number of aromatic nitrogens is 1. The van der Waals surface area contributed by atoms with Gasteiger partial charge in [-0.15, -0.1) is 11.3 Å². The Morgan fingerprint density at radius 2 is 1.95 bits per heavy atom. The Bertz CT molecular complexity index is 799. The fourth-order valence-corrected chi connectivity index (χ4v) is 3.59. The fraction of sp³-hybridized carbons (Fsp3) is 0.278. The summed E-state index contributed by atoms with van der Waals surface area (Å²) in [7, 11) is 0. The van der Waals surface area contributed by atoms with Crippen LogP contribution in [0.4, 0.5) is 0 Å². The van der Waals surface area contributed by atoms with E-state index in [4.69, 9.17) is 0 Å². The maximum Gasteiger partial charge on any atom is 0.268 e. The van der Waals surface area contributed by atoms with Crippen LogP contribution in [-0.4, -0.2) is 16.5 Å². The molecule has 0 aliphatic carbocycles. The Kier molecular flexibility index (Phi) is 4.03. The molecule has 0 bridgehead atoms. The van der Waals surface area contributed by atoms with Crippen LogP contribution in [-0.2, 0) is 6.54 Å². The van der Waals surface area contributed by atoms with E-state index in [9.17, 15) is 4.79 Å². The minimum absolute atomic E-state index is 0.00742. The summed E-state index contributed by atoms with van der Waals surface area (Å²) >= 11 is 1.73. The number of carbonyl (C=O) groups excluding carboxylic acids is 1. The highest BCUT2D eigenvalue weighted by molar-refractivity contribution is 7.19. The van der Waals surface area contributed by atoms with Crippen LogP contribution in [0.2, 0.25) is 0 Å². The van der Waals surface area contributed by atoms with Crippen molar-refractivity contribution < 1.29 is 4.79 Å². The molecule has 3 nitrogen and oxygen atoms in total. The van der Waals surface area contributed by atoms with Gasteiger partial charge in [-0.1, -0.05) is 30.3 Å². The van der Waals surface area contributed by atoms with Gasteiger partial charge in [-0.3, -0.25) is 4.79 Å². The number of benzene rings is 1. The average Bonchev–Trinajstić information content (AvgIpc) is 2.97. The number of amides is 1. The molecule has 22 heavy (non-hydrogen) atoms. The predicted octanol–water partition coefficient (Wildman–Crippen LogP) is 4.20. The summed E-state index contributed by atoms with van der Waals surface area (Å²) in [5.74, 6) is -0.00742. The molecule has 0 saturated carbocycles. The second-order valence-corrected chi connectivity index (χ2v) is 7.12. The molecule has 0 aliphatic rings. The summed E-state index contributed by atoms with van der Waals surface area (Å²) in [6, 6.07) is 14.6. The molecule has 114 valence electrons. The van der Waals surface area contributed by atoms with Crippen LogP contribution in [0.5, 0.6) is 0 Å². The summed E-state index contributed by atoms with van der Waals surface area (Å²) < 4.78 is 3.29. The predicted molar refractivity (Wildman–Crippen MR) is 92.7 cm³/mol. The van der Waals surface area contributed by atoms with Gasteiger partial charge in [-0.25, -0.2) is 0 Å². The minimum atomic E-state index is -0.00742. The van der Waals surface area contributed by atoms with Crippen molar-refractivity contribution in [3.63, 3.8) is 0 Å². The number of nitrogens with zero attached hydrogens (tertiary/aromatic N) is 1. The molecule has 3 aromatic rings. The van der Waals surface area contributed by atoms with E-state index in [2.05, 4.69) is 35.0 Å². The van der Waals surface area contributed by atoms with Crippen molar-refractivity contribution in [1.29, 1.82) is 0 Å². The fourth-order valence-electron chi connectivity index (χ4n) is 2.63. The number of hydrogen-bond acceptors (Lipinski definition) is 2. The molecular weight excluding hydrogens is 292 g/mol. The first-order valence-corrected chi connectivity index (χ1v) is 8.30. The highest BCUT2D eigenvalue weighted by Crippen LogP contribution is 2.29. The van der Waals surface area contributed by atoms with Gasteiger partial charge in [0.25, 0.3) is 5.91 Å². The van der Waals surface area contributed by atoms with Crippen LogP contribution < -0.4 is 5.32 Å². The Balaban J connectivity index is 2.05. The molecule has 0 unspecified atom stereocenters. The number of rotatable bonds is 4. The van der Waals surface area contributed by atoms with Gasteiger partial charge in [0.15, 0.2) is 0 Å². The number of hydrogen-bond donors (Lipinski definition) is 1. The molecule has 2 heterocycles. The molecule has 0 aliphatic heterocycles. The van der Waals surface area contributed by atoms with Crippen molar-refractivity contribution in [1.82, 2.24) is 9.88 Å². The number of thiophene rings is 1. The van der Waals surface area contributed by atoms with Crippen LogP contribution in [0.3, 0.4) is 0 Å². The maximum atomic E-state index is 12.5. The van der Waals surface area contributed by atoms with Gasteiger partial charge in [0.2, 0.25) is 0 Å². The third-order valence-electron chi connectivity index (χ3n) is 3.55. The first-order valence-electron chi connectivity index (χ1n) is 7.49. The van der Waals surface area contributed by atoms with Crippen molar-refractivity contribution in [2.24, 2.45) is 0 Å². The van der Waals surface area contributed by atoms with Gasteiger partial charge in [0, 0.05) is 17.5 Å². The topological polar surface area (TPSA) is 34.0 Å². The van der Waals surface area contributed by atoms with E-state index in [0.717, 1.165) is 11.2 Å². The van der Waals surface area contributed by atoms with Gasteiger partial charge in [0.05, 0.1) is 10.2 Å². The zero-order chi connectivity index (χ0) is 15.7. The van der Waals surface area contributed by atoms with Gasteiger partial charge in [-0.2, -0.15) is 0 Å². The van der Waals surface area contributed by atoms with Crippen molar-refractivity contribution in [2.45, 2.75) is 33.4 Å². The number of nitrogens with one attached hydrogen (secondary N) is 1. The highest BCUT2D eigenvalue weighted by Gasteiger charge is 2.18. The summed E-state index contributed by atoms with van der Waals surface area (Å²) in [5, 5.41) is 3.00. The summed E-state index contributed by atoms with van der Waals surface area (Å²) in [6.07, 6.45) is 0. The third-order valence-corrected chi connectivity index (χ3v) is 4.54. The first kappa shape index (κ1) is 14.9. The molecule has 0 radical (unpaired) electrons. The second kappa shape index (κ2) is 5.97. The van der Waals surface area contributed by atoms with Gasteiger partial charge in [0.1, 0.15) is 5.69 Å². The molecule has 0 spiro atoms.